The molecule has 2 fully saturated rings. The van der Waals surface area contributed by atoms with Gasteiger partial charge in [-0.25, -0.2) is 22.2 Å². The molecular formula is C12H17F3N4O3S. The Balaban J connectivity index is 1.77. The fourth-order valence-electron chi connectivity index (χ4n) is 2.86. The van der Waals surface area contributed by atoms with Gasteiger partial charge in [0.25, 0.3) is 0 Å². The summed E-state index contributed by atoms with van der Waals surface area (Å²) in [6, 6.07) is -0.518. The van der Waals surface area contributed by atoms with Gasteiger partial charge in [0.15, 0.2) is 0 Å². The molecule has 0 atom stereocenters. The van der Waals surface area contributed by atoms with Gasteiger partial charge in [0.05, 0.1) is 11.3 Å². The predicted molar refractivity (Wildman–Crippen MR) is 74.3 cm³/mol. The summed E-state index contributed by atoms with van der Waals surface area (Å²) >= 11 is 0. The third kappa shape index (κ3) is 2.91. The Hall–Kier alpha value is -1.36. The number of rotatable bonds is 3. The van der Waals surface area contributed by atoms with Crippen molar-refractivity contribution in [3.8, 4) is 0 Å². The highest BCUT2D eigenvalue weighted by atomic mass is 32.2. The molecule has 130 valence electrons. The van der Waals surface area contributed by atoms with Gasteiger partial charge in [-0.1, -0.05) is 0 Å². The fraction of sp³-hybridized carbons (Fsp3) is 0.833. The average molecular weight is 354 g/mol. The van der Waals surface area contributed by atoms with Crippen LogP contribution in [-0.2, 0) is 23.2 Å². The maximum absolute atomic E-state index is 12.8. The molecule has 2 aliphatic rings. The molecule has 0 spiro atoms. The summed E-state index contributed by atoms with van der Waals surface area (Å²) in [6.07, 6.45) is -2.82. The molecule has 1 aromatic heterocycles. The van der Waals surface area contributed by atoms with Gasteiger partial charge in [-0.15, -0.1) is 5.10 Å². The van der Waals surface area contributed by atoms with Crippen molar-refractivity contribution in [3.05, 3.63) is 16.3 Å². The maximum Gasteiger partial charge on any atom is 0.451 e. The molecule has 0 amide bonds. The second-order valence-corrected chi connectivity index (χ2v) is 8.20. The van der Waals surface area contributed by atoms with E-state index in [1.54, 1.807) is 0 Å². The van der Waals surface area contributed by atoms with Crippen LogP contribution in [0.25, 0.3) is 0 Å². The van der Waals surface area contributed by atoms with Crippen molar-refractivity contribution in [3.63, 3.8) is 0 Å². The second-order valence-electron chi connectivity index (χ2n) is 5.98. The van der Waals surface area contributed by atoms with Gasteiger partial charge in [-0.05, 0) is 25.7 Å². The van der Waals surface area contributed by atoms with Gasteiger partial charge in [-0.2, -0.15) is 13.2 Å². The highest BCUT2D eigenvalue weighted by molar-refractivity contribution is 7.90. The first kappa shape index (κ1) is 16.5. The number of hydrogen-bond acceptors (Lipinski definition) is 4. The van der Waals surface area contributed by atoms with E-state index in [9.17, 15) is 26.4 Å². The Morgan fingerprint density at radius 1 is 1.13 bits per heavy atom. The molecule has 23 heavy (non-hydrogen) atoms. The lowest BCUT2D eigenvalue weighted by Crippen LogP contribution is -2.42. The van der Waals surface area contributed by atoms with Crippen LogP contribution >= 0.6 is 0 Å². The summed E-state index contributed by atoms with van der Waals surface area (Å²) < 4.78 is 65.4. The van der Waals surface area contributed by atoms with E-state index in [2.05, 4.69) is 5.10 Å². The number of alkyl halides is 3. The quantitative estimate of drug-likeness (QED) is 0.802. The van der Waals surface area contributed by atoms with E-state index in [0.717, 1.165) is 11.7 Å². The fourth-order valence-corrected chi connectivity index (χ4v) is 4.73. The number of hydrogen-bond donors (Lipinski definition) is 0. The summed E-state index contributed by atoms with van der Waals surface area (Å²) in [4.78, 5) is 12.0. The lowest BCUT2D eigenvalue weighted by atomic mass is 10.1. The third-order valence-corrected chi connectivity index (χ3v) is 6.73. The molecule has 1 saturated carbocycles. The number of piperidine rings is 1. The lowest BCUT2D eigenvalue weighted by molar-refractivity contribution is -0.147. The van der Waals surface area contributed by atoms with E-state index in [1.165, 1.54) is 4.31 Å². The van der Waals surface area contributed by atoms with Crippen LogP contribution < -0.4 is 5.69 Å². The van der Waals surface area contributed by atoms with E-state index >= 15 is 0 Å². The summed E-state index contributed by atoms with van der Waals surface area (Å²) in [5.41, 5.74) is -0.833. The Morgan fingerprint density at radius 2 is 1.70 bits per heavy atom. The zero-order chi connectivity index (χ0) is 17.0. The van der Waals surface area contributed by atoms with E-state index in [1.807, 2.05) is 0 Å². The lowest BCUT2D eigenvalue weighted by Gasteiger charge is -2.30. The number of sulfonamides is 1. The van der Waals surface area contributed by atoms with E-state index in [-0.39, 0.29) is 31.2 Å². The van der Waals surface area contributed by atoms with Crippen molar-refractivity contribution in [2.45, 2.75) is 43.2 Å². The summed E-state index contributed by atoms with van der Waals surface area (Å²) in [5.74, 6) is -1.24. The molecule has 0 N–H and O–H groups in total. The minimum Gasteiger partial charge on any atom is -0.274 e. The van der Waals surface area contributed by atoms with Gasteiger partial charge in [0, 0.05) is 20.1 Å². The highest BCUT2D eigenvalue weighted by Crippen LogP contribution is 2.34. The van der Waals surface area contributed by atoms with Gasteiger partial charge >= 0.3 is 11.9 Å². The third-order valence-electron chi connectivity index (χ3n) is 4.33. The molecule has 0 bridgehead atoms. The molecule has 11 heteroatoms. The number of nitrogens with zero attached hydrogens (tertiary/aromatic N) is 4. The minimum atomic E-state index is -4.70. The highest BCUT2D eigenvalue weighted by Gasteiger charge is 2.42. The van der Waals surface area contributed by atoms with Gasteiger partial charge in [0.2, 0.25) is 15.8 Å². The van der Waals surface area contributed by atoms with Crippen molar-refractivity contribution in [1.29, 1.82) is 0 Å². The Kier molecular flexibility index (Phi) is 3.82. The average Bonchev–Trinajstić information content (AvgIpc) is 3.27. The molecule has 7 nitrogen and oxygen atoms in total. The zero-order valence-electron chi connectivity index (χ0n) is 12.5. The summed E-state index contributed by atoms with van der Waals surface area (Å²) in [7, 11) is -2.26. The Morgan fingerprint density at radius 3 is 2.13 bits per heavy atom. The smallest absolute Gasteiger partial charge is 0.274 e. The molecule has 1 aliphatic heterocycles. The Bertz CT molecular complexity index is 755. The first-order chi connectivity index (χ1) is 10.6. The van der Waals surface area contributed by atoms with Crippen molar-refractivity contribution in [2.75, 3.05) is 13.1 Å². The first-order valence-corrected chi connectivity index (χ1v) is 8.84. The van der Waals surface area contributed by atoms with Crippen LogP contribution in [0.5, 0.6) is 0 Å². The van der Waals surface area contributed by atoms with Crippen molar-refractivity contribution in [1.82, 2.24) is 18.7 Å². The number of aromatic nitrogens is 3. The van der Waals surface area contributed by atoms with E-state index < -0.39 is 33.8 Å². The molecule has 0 unspecified atom stereocenters. The van der Waals surface area contributed by atoms with Crippen LogP contribution in [0.4, 0.5) is 13.2 Å². The van der Waals surface area contributed by atoms with E-state index in [4.69, 9.17) is 0 Å². The molecule has 1 saturated heterocycles. The zero-order valence-corrected chi connectivity index (χ0v) is 13.3. The summed E-state index contributed by atoms with van der Waals surface area (Å²) in [6.45, 7) is 0.404. The van der Waals surface area contributed by atoms with Crippen LogP contribution in [-0.4, -0.2) is 45.4 Å². The SMILES string of the molecule is Cn1c(C(F)(F)F)nn(C2CCN(S(=O)(=O)C3CC3)CC2)c1=O. The topological polar surface area (TPSA) is 77.2 Å². The standard InChI is InChI=1S/C12H17F3N4O3S/c1-17-10(12(13,14)15)16-19(11(17)20)8-4-6-18(7-5-8)23(21,22)9-2-3-9/h8-9H,2-7H2,1H3. The first-order valence-electron chi connectivity index (χ1n) is 7.34. The minimum absolute atomic E-state index is 0.202. The Labute approximate surface area is 130 Å². The van der Waals surface area contributed by atoms with Crippen molar-refractivity contribution in [2.24, 2.45) is 7.05 Å². The molecule has 1 aliphatic carbocycles. The molecule has 1 aromatic rings. The predicted octanol–water partition coefficient (Wildman–Crippen LogP) is 0.730. The number of halogens is 3. The van der Waals surface area contributed by atoms with Crippen LogP contribution in [0.2, 0.25) is 0 Å². The van der Waals surface area contributed by atoms with Gasteiger partial charge in [-0.3, -0.25) is 4.57 Å². The second kappa shape index (κ2) is 5.33. The van der Waals surface area contributed by atoms with Gasteiger partial charge < -0.3 is 0 Å². The normalized spacial score (nSPS) is 21.7. The van der Waals surface area contributed by atoms with Crippen molar-refractivity contribution >= 4 is 10.0 Å². The molecule has 0 radical (unpaired) electrons. The monoisotopic (exact) mass is 354 g/mol. The summed E-state index contributed by atoms with van der Waals surface area (Å²) in [5, 5.41) is 3.10. The van der Waals surface area contributed by atoms with Crippen LogP contribution in [0.1, 0.15) is 37.5 Å². The van der Waals surface area contributed by atoms with Crippen LogP contribution in [0.3, 0.4) is 0 Å². The molecular weight excluding hydrogens is 337 g/mol. The van der Waals surface area contributed by atoms with Crippen LogP contribution in [0.15, 0.2) is 4.79 Å². The van der Waals surface area contributed by atoms with Crippen molar-refractivity contribution < 1.29 is 21.6 Å². The molecule has 0 aromatic carbocycles. The molecule has 3 rings (SSSR count). The van der Waals surface area contributed by atoms with E-state index in [0.29, 0.717) is 17.4 Å². The molecule has 2 heterocycles. The van der Waals surface area contributed by atoms with Crippen LogP contribution in [0, 0.1) is 0 Å². The maximum atomic E-state index is 12.8. The van der Waals surface area contributed by atoms with Gasteiger partial charge in [0.1, 0.15) is 0 Å². The largest absolute Gasteiger partial charge is 0.451 e.